The summed E-state index contributed by atoms with van der Waals surface area (Å²) in [6, 6.07) is 4.27. The van der Waals surface area contributed by atoms with Crippen molar-refractivity contribution in [2.75, 3.05) is 19.5 Å². The minimum atomic E-state index is -4.31. The zero-order chi connectivity index (χ0) is 13.8. The maximum atomic E-state index is 12.0. The van der Waals surface area contributed by atoms with E-state index in [0.717, 1.165) is 7.11 Å². The van der Waals surface area contributed by atoms with Crippen LogP contribution in [0.1, 0.15) is 16.8 Å². The molecule has 4 nitrogen and oxygen atoms in total. The van der Waals surface area contributed by atoms with Crippen molar-refractivity contribution < 1.29 is 27.4 Å². The van der Waals surface area contributed by atoms with E-state index in [2.05, 4.69) is 4.74 Å². The molecule has 0 aliphatic rings. The number of hydrogen-bond acceptors (Lipinski definition) is 4. The summed E-state index contributed by atoms with van der Waals surface area (Å²) >= 11 is 0. The Bertz CT molecular complexity index is 432. The summed E-state index contributed by atoms with van der Waals surface area (Å²) in [6.07, 6.45) is -5.42. The molecule has 0 unspecified atom stereocenters. The third-order valence-corrected chi connectivity index (χ3v) is 2.09. The average molecular weight is 263 g/mol. The fraction of sp³-hybridized carbons (Fsp3) is 0.364. The van der Waals surface area contributed by atoms with Crippen LogP contribution in [0, 0.1) is 0 Å². The lowest BCUT2D eigenvalue weighted by Crippen LogP contribution is -2.15. The van der Waals surface area contributed by atoms with Crippen molar-refractivity contribution >= 4 is 11.7 Å². The van der Waals surface area contributed by atoms with Gasteiger partial charge in [0.15, 0.2) is 0 Å². The minimum absolute atomic E-state index is 0.0221. The summed E-state index contributed by atoms with van der Waals surface area (Å²) in [5.74, 6) is -0.777. The van der Waals surface area contributed by atoms with E-state index in [4.69, 9.17) is 10.5 Å². The molecular weight excluding hydrogens is 251 g/mol. The molecule has 18 heavy (non-hydrogen) atoms. The Balaban J connectivity index is 2.82. The summed E-state index contributed by atoms with van der Waals surface area (Å²) in [5.41, 5.74) is 5.57. The summed E-state index contributed by atoms with van der Waals surface area (Å²) < 4.78 is 45.3. The number of ether oxygens (including phenoxy) is 2. The molecule has 0 bridgehead atoms. The molecule has 0 saturated heterocycles. The molecule has 0 aromatic heterocycles. The van der Waals surface area contributed by atoms with Gasteiger partial charge in [-0.3, -0.25) is 0 Å². The number of nitrogen functional groups attached to an aromatic ring is 1. The predicted octanol–water partition coefficient (Wildman–Crippen LogP) is 2.39. The van der Waals surface area contributed by atoms with Gasteiger partial charge in [-0.2, -0.15) is 13.2 Å². The molecular formula is C11H12F3NO3. The van der Waals surface area contributed by atoms with Crippen molar-refractivity contribution in [3.63, 3.8) is 0 Å². The molecule has 0 fully saturated rings. The molecule has 1 aromatic rings. The largest absolute Gasteiger partial charge is 0.492 e. The third kappa shape index (κ3) is 3.83. The van der Waals surface area contributed by atoms with Gasteiger partial charge in [0, 0.05) is 5.69 Å². The maximum absolute atomic E-state index is 12.0. The zero-order valence-electron chi connectivity index (χ0n) is 9.58. The number of rotatable bonds is 4. The Morgan fingerprint density at radius 3 is 2.61 bits per heavy atom. The molecule has 100 valence electrons. The second-order valence-corrected chi connectivity index (χ2v) is 3.43. The SMILES string of the molecule is COC(=O)c1c(N)cccc1OCCC(F)(F)F. The van der Waals surface area contributed by atoms with Crippen LogP contribution in [0.15, 0.2) is 18.2 Å². The zero-order valence-corrected chi connectivity index (χ0v) is 9.58. The summed E-state index contributed by atoms with van der Waals surface area (Å²) in [4.78, 5) is 11.4. The number of benzene rings is 1. The smallest absolute Gasteiger partial charge is 0.392 e. The van der Waals surface area contributed by atoms with Crippen LogP contribution in [0.4, 0.5) is 18.9 Å². The van der Waals surface area contributed by atoms with Crippen molar-refractivity contribution in [3.05, 3.63) is 23.8 Å². The van der Waals surface area contributed by atoms with Crippen LogP contribution in [-0.2, 0) is 4.74 Å². The standard InChI is InChI=1S/C11H12F3NO3/c1-17-10(16)9-7(15)3-2-4-8(9)18-6-5-11(12,13)14/h2-4H,5-6,15H2,1H3. The van der Waals surface area contributed by atoms with Crippen molar-refractivity contribution in [2.24, 2.45) is 0 Å². The number of anilines is 1. The van der Waals surface area contributed by atoms with Gasteiger partial charge in [-0.1, -0.05) is 6.07 Å². The Kier molecular flexibility index (Phi) is 4.41. The van der Waals surface area contributed by atoms with Crippen LogP contribution >= 0.6 is 0 Å². The van der Waals surface area contributed by atoms with Gasteiger partial charge < -0.3 is 15.2 Å². The lowest BCUT2D eigenvalue weighted by atomic mass is 10.1. The van der Waals surface area contributed by atoms with E-state index in [1.54, 1.807) is 0 Å². The Morgan fingerprint density at radius 1 is 1.39 bits per heavy atom. The van der Waals surface area contributed by atoms with Gasteiger partial charge in [-0.05, 0) is 12.1 Å². The number of carbonyl (C=O) groups excluding carboxylic acids is 1. The van der Waals surface area contributed by atoms with E-state index >= 15 is 0 Å². The number of alkyl halides is 3. The lowest BCUT2D eigenvalue weighted by molar-refractivity contribution is -0.139. The molecule has 0 aliphatic heterocycles. The van der Waals surface area contributed by atoms with Crippen molar-refractivity contribution in [2.45, 2.75) is 12.6 Å². The first-order valence-electron chi connectivity index (χ1n) is 5.01. The molecule has 7 heteroatoms. The van der Waals surface area contributed by atoms with Crippen molar-refractivity contribution in [1.29, 1.82) is 0 Å². The van der Waals surface area contributed by atoms with E-state index in [1.165, 1.54) is 18.2 Å². The minimum Gasteiger partial charge on any atom is -0.492 e. The van der Waals surface area contributed by atoms with E-state index in [1.807, 2.05) is 0 Å². The van der Waals surface area contributed by atoms with E-state index in [9.17, 15) is 18.0 Å². The molecule has 1 rings (SSSR count). The summed E-state index contributed by atoms with van der Waals surface area (Å²) in [7, 11) is 1.15. The lowest BCUT2D eigenvalue weighted by Gasteiger charge is -2.12. The van der Waals surface area contributed by atoms with Crippen LogP contribution in [0.5, 0.6) is 5.75 Å². The number of carbonyl (C=O) groups is 1. The van der Waals surface area contributed by atoms with Gasteiger partial charge in [0.05, 0.1) is 20.1 Å². The molecule has 1 aromatic carbocycles. The normalized spacial score (nSPS) is 11.1. The molecule has 0 amide bonds. The Labute approximate surface area is 101 Å². The first-order valence-corrected chi connectivity index (χ1v) is 5.01. The molecule has 0 spiro atoms. The number of hydrogen-bond donors (Lipinski definition) is 1. The molecule has 0 atom stereocenters. The van der Waals surface area contributed by atoms with Gasteiger partial charge >= 0.3 is 12.1 Å². The number of halogens is 3. The maximum Gasteiger partial charge on any atom is 0.392 e. The number of methoxy groups -OCH3 is 1. The van der Waals surface area contributed by atoms with E-state index in [-0.39, 0.29) is 17.0 Å². The highest BCUT2D eigenvalue weighted by molar-refractivity contribution is 5.98. The van der Waals surface area contributed by atoms with Crippen LogP contribution < -0.4 is 10.5 Å². The van der Waals surface area contributed by atoms with Crippen molar-refractivity contribution in [3.8, 4) is 5.75 Å². The molecule has 2 N–H and O–H groups in total. The first-order chi connectivity index (χ1) is 8.35. The predicted molar refractivity (Wildman–Crippen MR) is 58.4 cm³/mol. The van der Waals surface area contributed by atoms with Gasteiger partial charge in [0.25, 0.3) is 0 Å². The molecule has 0 saturated carbocycles. The highest BCUT2D eigenvalue weighted by Crippen LogP contribution is 2.26. The fourth-order valence-electron chi connectivity index (χ4n) is 1.27. The Hall–Kier alpha value is -1.92. The summed E-state index contributed by atoms with van der Waals surface area (Å²) in [5, 5.41) is 0. The molecule has 0 radical (unpaired) electrons. The van der Waals surface area contributed by atoms with Crippen LogP contribution in [-0.4, -0.2) is 25.9 Å². The van der Waals surface area contributed by atoms with Crippen LogP contribution in [0.25, 0.3) is 0 Å². The number of esters is 1. The second-order valence-electron chi connectivity index (χ2n) is 3.43. The third-order valence-electron chi connectivity index (χ3n) is 2.09. The fourth-order valence-corrected chi connectivity index (χ4v) is 1.27. The molecule has 0 aliphatic carbocycles. The van der Waals surface area contributed by atoms with Gasteiger partial charge in [-0.25, -0.2) is 4.79 Å². The second kappa shape index (κ2) is 5.61. The highest BCUT2D eigenvalue weighted by atomic mass is 19.4. The quantitative estimate of drug-likeness (QED) is 0.669. The monoisotopic (exact) mass is 263 g/mol. The van der Waals surface area contributed by atoms with Gasteiger partial charge in [-0.15, -0.1) is 0 Å². The first kappa shape index (κ1) is 14.1. The molecule has 0 heterocycles. The number of nitrogens with two attached hydrogens (primary N) is 1. The van der Waals surface area contributed by atoms with Crippen molar-refractivity contribution in [1.82, 2.24) is 0 Å². The topological polar surface area (TPSA) is 61.5 Å². The van der Waals surface area contributed by atoms with E-state index < -0.39 is 25.2 Å². The Morgan fingerprint density at radius 2 is 2.06 bits per heavy atom. The van der Waals surface area contributed by atoms with Crippen LogP contribution in [0.3, 0.4) is 0 Å². The average Bonchev–Trinajstić information content (AvgIpc) is 2.26. The summed E-state index contributed by atoms with van der Waals surface area (Å²) in [6.45, 7) is -0.586. The highest BCUT2D eigenvalue weighted by Gasteiger charge is 2.27. The van der Waals surface area contributed by atoms with Gasteiger partial charge in [0.1, 0.15) is 11.3 Å². The van der Waals surface area contributed by atoms with Gasteiger partial charge in [0.2, 0.25) is 0 Å². The van der Waals surface area contributed by atoms with E-state index in [0.29, 0.717) is 0 Å². The van der Waals surface area contributed by atoms with Crippen LogP contribution in [0.2, 0.25) is 0 Å².